The quantitative estimate of drug-likeness (QED) is 0.198. The Bertz CT molecular complexity index is 1450. The summed E-state index contributed by atoms with van der Waals surface area (Å²) in [5.74, 6) is -1.80. The maximum atomic E-state index is 14.0. The molecule has 0 radical (unpaired) electrons. The lowest BCUT2D eigenvalue weighted by Crippen LogP contribution is -2.53. The van der Waals surface area contributed by atoms with Crippen LogP contribution in [-0.4, -0.2) is 77.4 Å². The summed E-state index contributed by atoms with van der Waals surface area (Å²) in [5.41, 5.74) is 5.74. The van der Waals surface area contributed by atoms with Crippen LogP contribution in [0.25, 0.3) is 6.08 Å². The molecular weight excluding hydrogens is 602 g/mol. The molecule has 0 bridgehead atoms. The molecule has 1 heterocycles. The molecule has 14 heteroatoms. The van der Waals surface area contributed by atoms with Gasteiger partial charge in [0.1, 0.15) is 17.7 Å². The fourth-order valence-corrected chi connectivity index (χ4v) is 5.20. The smallest absolute Gasteiger partial charge is 0.407 e. The van der Waals surface area contributed by atoms with Crippen molar-refractivity contribution in [3.63, 3.8) is 0 Å². The molecule has 2 aromatic carbocycles. The van der Waals surface area contributed by atoms with Crippen LogP contribution in [0.5, 0.6) is 17.2 Å². The molecule has 1 saturated heterocycles. The number of hydrogen-bond acceptors (Lipinski definition) is 10. The molecule has 1 fully saturated rings. The van der Waals surface area contributed by atoms with E-state index in [1.54, 1.807) is 51.1 Å². The van der Waals surface area contributed by atoms with Gasteiger partial charge in [-0.2, -0.15) is 0 Å². The topological polar surface area (TPSA) is 182 Å². The highest BCUT2D eigenvalue weighted by atomic mass is 32.2. The molecule has 0 saturated carbocycles. The first-order valence-corrected chi connectivity index (χ1v) is 14.9. The lowest BCUT2D eigenvalue weighted by Gasteiger charge is -2.27. The number of methoxy groups -OCH3 is 2. The van der Waals surface area contributed by atoms with E-state index in [0.29, 0.717) is 11.3 Å². The average molecular weight is 642 g/mol. The molecule has 0 spiro atoms. The third kappa shape index (κ3) is 9.63. The van der Waals surface area contributed by atoms with Crippen molar-refractivity contribution >= 4 is 52.5 Å². The molecule has 242 valence electrons. The molecule has 0 aromatic heterocycles. The molecule has 2 aromatic rings. The minimum Gasteiger partial charge on any atom is -0.502 e. The van der Waals surface area contributed by atoms with Gasteiger partial charge in [-0.3, -0.25) is 19.3 Å². The summed E-state index contributed by atoms with van der Waals surface area (Å²) in [6.45, 7) is 6.82. The van der Waals surface area contributed by atoms with Gasteiger partial charge < -0.3 is 35.7 Å². The van der Waals surface area contributed by atoms with Gasteiger partial charge in [-0.05, 0) is 88.2 Å². The molecule has 45 heavy (non-hydrogen) atoms. The Labute approximate surface area is 266 Å². The summed E-state index contributed by atoms with van der Waals surface area (Å²) < 4.78 is 15.8. The minimum absolute atomic E-state index is 0.0986. The fourth-order valence-electron chi connectivity index (χ4n) is 4.16. The van der Waals surface area contributed by atoms with Gasteiger partial charge in [-0.1, -0.05) is 18.2 Å². The molecule has 3 rings (SSSR count). The number of nitrogens with two attached hydrogens (primary N) is 1. The Hall–Kier alpha value is -4.72. The number of rotatable bonds is 12. The summed E-state index contributed by atoms with van der Waals surface area (Å²) in [7, 11) is 2.78. The third-order valence-electron chi connectivity index (χ3n) is 6.34. The molecule has 2 atom stereocenters. The molecule has 4 amide bonds. The largest absolute Gasteiger partial charge is 0.502 e. The van der Waals surface area contributed by atoms with Crippen LogP contribution in [-0.2, 0) is 19.1 Å². The summed E-state index contributed by atoms with van der Waals surface area (Å²) in [6, 6.07) is 9.86. The fraction of sp³-hybridized carbons (Fsp3) is 0.387. The molecule has 0 unspecified atom stereocenters. The van der Waals surface area contributed by atoms with Gasteiger partial charge in [0.15, 0.2) is 16.7 Å². The number of amides is 4. The van der Waals surface area contributed by atoms with Crippen molar-refractivity contribution in [3.8, 4) is 17.2 Å². The first kappa shape index (κ1) is 34.8. The number of carbonyl (C=O) groups is 4. The Balaban J connectivity index is 2.01. The number of alkyl carbamates (subject to hydrolysis) is 1. The van der Waals surface area contributed by atoms with Crippen molar-refractivity contribution in [1.29, 1.82) is 0 Å². The van der Waals surface area contributed by atoms with E-state index in [1.165, 1.54) is 38.2 Å². The maximum Gasteiger partial charge on any atom is 0.407 e. The lowest BCUT2D eigenvalue weighted by molar-refractivity contribution is -0.134. The third-order valence-corrected chi connectivity index (χ3v) is 7.32. The monoisotopic (exact) mass is 641 g/mol. The molecule has 13 nitrogen and oxygen atoms in total. The summed E-state index contributed by atoms with van der Waals surface area (Å²) in [4.78, 5) is 57.7. The number of para-hydroxylation sites is 1. The number of nitrogens with zero attached hydrogens (tertiary/aromatic N) is 2. The second-order valence-corrected chi connectivity index (χ2v) is 12.0. The van der Waals surface area contributed by atoms with Gasteiger partial charge >= 0.3 is 6.09 Å². The zero-order chi connectivity index (χ0) is 33.3. The number of benzene rings is 2. The first-order valence-electron chi connectivity index (χ1n) is 14.1. The standard InChI is InChI=1S/C31H39N5O8S/c1-18(26(32)38)34-27(39)21(13-10-14-33-30(41)44-31(2,3)4)36-28(40)24(45-29(36)35-20-11-8-7-9-12-20)17-19-15-22(42-5)25(37)23(16-19)43-6/h7-9,11-12,15-18,21,37H,10,13-14H2,1-6H3,(H2,32,38)(H,33,41)(H,34,39)/b24-17-,35-29?/t18-,21-/m0/s1. The van der Waals surface area contributed by atoms with E-state index in [0.717, 1.165) is 11.8 Å². The van der Waals surface area contributed by atoms with E-state index in [-0.39, 0.29) is 46.7 Å². The van der Waals surface area contributed by atoms with Crippen LogP contribution >= 0.6 is 11.8 Å². The Morgan fingerprint density at radius 3 is 2.29 bits per heavy atom. The Morgan fingerprint density at radius 1 is 1.11 bits per heavy atom. The number of phenols is 1. The van der Waals surface area contributed by atoms with E-state index in [2.05, 4.69) is 15.6 Å². The molecule has 0 aliphatic carbocycles. The highest BCUT2D eigenvalue weighted by molar-refractivity contribution is 8.18. The van der Waals surface area contributed by atoms with Crippen molar-refractivity contribution in [2.45, 2.75) is 58.2 Å². The van der Waals surface area contributed by atoms with Crippen molar-refractivity contribution in [1.82, 2.24) is 15.5 Å². The van der Waals surface area contributed by atoms with Crippen LogP contribution in [0.4, 0.5) is 10.5 Å². The number of thioether (sulfide) groups is 1. The van der Waals surface area contributed by atoms with Crippen LogP contribution in [0, 0.1) is 0 Å². The maximum absolute atomic E-state index is 14.0. The average Bonchev–Trinajstić information content (AvgIpc) is 3.26. The summed E-state index contributed by atoms with van der Waals surface area (Å²) in [6.07, 6.45) is 1.33. The number of aliphatic imine (C=N–C) groups is 1. The highest BCUT2D eigenvalue weighted by Crippen LogP contribution is 2.40. The van der Waals surface area contributed by atoms with E-state index in [1.807, 2.05) is 6.07 Å². The van der Waals surface area contributed by atoms with Crippen LogP contribution in [0.3, 0.4) is 0 Å². The summed E-state index contributed by atoms with van der Waals surface area (Å²) >= 11 is 1.05. The second-order valence-electron chi connectivity index (χ2n) is 11.0. The van der Waals surface area contributed by atoms with Gasteiger partial charge in [0, 0.05) is 6.54 Å². The number of hydrogen-bond donors (Lipinski definition) is 4. The minimum atomic E-state index is -1.12. The molecule has 1 aliphatic rings. The van der Waals surface area contributed by atoms with Crippen molar-refractivity contribution in [3.05, 3.63) is 52.9 Å². The number of nitrogens with one attached hydrogen (secondary N) is 2. The SMILES string of the molecule is COc1cc(/C=C2\SC(=Nc3ccccc3)N([C@@H](CCCNC(=O)OC(C)(C)C)C(=O)N[C@@H](C)C(N)=O)C2=O)cc(OC)c1O. The predicted octanol–water partition coefficient (Wildman–Crippen LogP) is 3.68. The van der Waals surface area contributed by atoms with Crippen molar-refractivity contribution in [2.24, 2.45) is 10.7 Å². The van der Waals surface area contributed by atoms with E-state index < -0.39 is 41.5 Å². The number of amidine groups is 1. The second kappa shape index (κ2) is 15.3. The van der Waals surface area contributed by atoms with Crippen LogP contribution in [0.1, 0.15) is 46.1 Å². The van der Waals surface area contributed by atoms with Gasteiger partial charge in [-0.25, -0.2) is 9.79 Å². The zero-order valence-electron chi connectivity index (χ0n) is 26.1. The normalized spacial score (nSPS) is 16.3. The van der Waals surface area contributed by atoms with Crippen LogP contribution in [0.2, 0.25) is 0 Å². The van der Waals surface area contributed by atoms with Gasteiger partial charge in [0.25, 0.3) is 5.91 Å². The van der Waals surface area contributed by atoms with Crippen molar-refractivity contribution in [2.75, 3.05) is 20.8 Å². The first-order chi connectivity index (χ1) is 21.2. The lowest BCUT2D eigenvalue weighted by atomic mass is 10.1. The van der Waals surface area contributed by atoms with Crippen LogP contribution in [0.15, 0.2) is 52.4 Å². The molecule has 5 N–H and O–H groups in total. The van der Waals surface area contributed by atoms with E-state index >= 15 is 0 Å². The summed E-state index contributed by atoms with van der Waals surface area (Å²) in [5, 5.41) is 15.8. The highest BCUT2D eigenvalue weighted by Gasteiger charge is 2.42. The number of phenolic OH excluding ortho intramolecular Hbond substituents is 1. The van der Waals surface area contributed by atoms with E-state index in [9.17, 15) is 24.3 Å². The molecule has 1 aliphatic heterocycles. The van der Waals surface area contributed by atoms with Gasteiger partial charge in [0.05, 0.1) is 24.8 Å². The van der Waals surface area contributed by atoms with Crippen molar-refractivity contribution < 1.29 is 38.5 Å². The number of carbonyl (C=O) groups excluding carboxylic acids is 4. The van der Waals surface area contributed by atoms with Gasteiger partial charge in [0.2, 0.25) is 17.6 Å². The van der Waals surface area contributed by atoms with E-state index in [4.69, 9.17) is 19.9 Å². The Morgan fingerprint density at radius 2 is 1.73 bits per heavy atom. The number of primary amides is 1. The van der Waals surface area contributed by atoms with Crippen LogP contribution < -0.4 is 25.8 Å². The number of ether oxygens (including phenoxy) is 3. The van der Waals surface area contributed by atoms with Gasteiger partial charge in [-0.15, -0.1) is 0 Å². The Kier molecular flexibility index (Phi) is 11.8. The number of aromatic hydroxyl groups is 1. The molecular formula is C31H39N5O8S. The zero-order valence-corrected chi connectivity index (χ0v) is 26.9. The predicted molar refractivity (Wildman–Crippen MR) is 171 cm³/mol.